The van der Waals surface area contributed by atoms with Crippen LogP contribution in [0.3, 0.4) is 0 Å². The molecular weight excluding hydrogens is 318 g/mol. The molecule has 1 saturated heterocycles. The van der Waals surface area contributed by atoms with E-state index < -0.39 is 0 Å². The number of halogens is 1. The number of piperidine rings is 1. The Morgan fingerprint density at radius 1 is 1.00 bits per heavy atom. The molecule has 2 nitrogen and oxygen atoms in total. The van der Waals surface area contributed by atoms with Crippen LogP contribution in [0.15, 0.2) is 54.6 Å². The molecule has 126 valence electrons. The van der Waals surface area contributed by atoms with E-state index in [0.717, 1.165) is 31.1 Å². The number of carbonyl (C=O) groups is 1. The number of carbonyl (C=O) groups excluding carboxylic acids is 1. The van der Waals surface area contributed by atoms with Gasteiger partial charge in [-0.1, -0.05) is 41.9 Å². The molecule has 0 radical (unpaired) electrons. The summed E-state index contributed by atoms with van der Waals surface area (Å²) in [6.07, 6.45) is 4.22. The average Bonchev–Trinajstić information content (AvgIpc) is 2.62. The summed E-state index contributed by atoms with van der Waals surface area (Å²) in [6, 6.07) is 17.9. The summed E-state index contributed by atoms with van der Waals surface area (Å²) in [7, 11) is 0. The highest BCUT2D eigenvalue weighted by Crippen LogP contribution is 2.22. The third-order valence-electron chi connectivity index (χ3n) is 4.90. The van der Waals surface area contributed by atoms with Crippen LogP contribution in [0.1, 0.15) is 35.2 Å². The van der Waals surface area contributed by atoms with Gasteiger partial charge in [-0.2, -0.15) is 0 Å². The molecule has 1 fully saturated rings. The van der Waals surface area contributed by atoms with E-state index in [1.165, 1.54) is 24.8 Å². The van der Waals surface area contributed by atoms with Crippen molar-refractivity contribution in [3.05, 3.63) is 70.7 Å². The van der Waals surface area contributed by atoms with Crippen molar-refractivity contribution < 1.29 is 4.79 Å². The van der Waals surface area contributed by atoms with Crippen LogP contribution >= 0.6 is 11.6 Å². The lowest BCUT2D eigenvalue weighted by molar-refractivity contribution is 0.0951. The van der Waals surface area contributed by atoms with Crippen molar-refractivity contribution in [2.45, 2.75) is 25.7 Å². The zero-order chi connectivity index (χ0) is 16.8. The normalized spacial score (nSPS) is 16.2. The van der Waals surface area contributed by atoms with Gasteiger partial charge in [0.25, 0.3) is 0 Å². The zero-order valence-corrected chi connectivity index (χ0v) is 14.7. The summed E-state index contributed by atoms with van der Waals surface area (Å²) in [4.78, 5) is 14.7. The highest BCUT2D eigenvalue weighted by Gasteiger charge is 2.20. The van der Waals surface area contributed by atoms with Crippen LogP contribution in [0.5, 0.6) is 0 Å². The first kappa shape index (κ1) is 17.2. The highest BCUT2D eigenvalue weighted by molar-refractivity contribution is 6.30. The minimum atomic E-state index is 0.207. The molecule has 0 aromatic heterocycles. The van der Waals surface area contributed by atoms with Crippen LogP contribution in [0, 0.1) is 5.92 Å². The van der Waals surface area contributed by atoms with Crippen LogP contribution < -0.4 is 0 Å². The number of nitrogens with zero attached hydrogens (tertiary/aromatic N) is 1. The number of benzene rings is 2. The summed E-state index contributed by atoms with van der Waals surface area (Å²) < 4.78 is 0. The molecule has 1 aliphatic rings. The van der Waals surface area contributed by atoms with E-state index in [9.17, 15) is 4.79 Å². The van der Waals surface area contributed by atoms with Crippen LogP contribution in [0.2, 0.25) is 5.02 Å². The van der Waals surface area contributed by atoms with Gasteiger partial charge in [-0.15, -0.1) is 0 Å². The molecule has 0 spiro atoms. The Morgan fingerprint density at radius 3 is 2.33 bits per heavy atom. The lowest BCUT2D eigenvalue weighted by Gasteiger charge is -2.31. The minimum Gasteiger partial charge on any atom is -0.303 e. The van der Waals surface area contributed by atoms with Gasteiger partial charge < -0.3 is 4.90 Å². The van der Waals surface area contributed by atoms with Gasteiger partial charge in [0.1, 0.15) is 0 Å². The fourth-order valence-electron chi connectivity index (χ4n) is 3.40. The Hall–Kier alpha value is -1.64. The van der Waals surface area contributed by atoms with E-state index in [-0.39, 0.29) is 5.78 Å². The van der Waals surface area contributed by atoms with E-state index >= 15 is 0 Å². The number of rotatable bonds is 6. The van der Waals surface area contributed by atoms with Crippen molar-refractivity contribution >= 4 is 17.4 Å². The van der Waals surface area contributed by atoms with E-state index in [0.29, 0.717) is 11.4 Å². The molecule has 1 aliphatic heterocycles. The molecule has 1 heterocycles. The third kappa shape index (κ3) is 4.93. The van der Waals surface area contributed by atoms with Crippen LogP contribution in [-0.4, -0.2) is 30.3 Å². The number of likely N-dealkylation sites (tertiary alicyclic amines) is 1. The Balaban J connectivity index is 1.41. The topological polar surface area (TPSA) is 20.3 Å². The number of ketones is 1. The number of hydrogen-bond acceptors (Lipinski definition) is 2. The molecule has 0 saturated carbocycles. The Labute approximate surface area is 149 Å². The summed E-state index contributed by atoms with van der Waals surface area (Å²) in [5, 5.41) is 0.673. The van der Waals surface area contributed by atoms with Crippen LogP contribution in [0.25, 0.3) is 0 Å². The predicted octanol–water partition coefficient (Wildman–Crippen LogP) is 4.87. The number of hydrogen-bond donors (Lipinski definition) is 0. The van der Waals surface area contributed by atoms with Gasteiger partial charge in [0, 0.05) is 23.6 Å². The minimum absolute atomic E-state index is 0.207. The lowest BCUT2D eigenvalue weighted by atomic mass is 9.90. The quantitative estimate of drug-likeness (QED) is 0.699. The van der Waals surface area contributed by atoms with Gasteiger partial charge in [0.2, 0.25) is 0 Å². The molecule has 0 unspecified atom stereocenters. The first-order valence-corrected chi connectivity index (χ1v) is 9.13. The van der Waals surface area contributed by atoms with Crippen molar-refractivity contribution in [3.63, 3.8) is 0 Å². The maximum absolute atomic E-state index is 12.2. The second-order valence-corrected chi connectivity index (χ2v) is 7.09. The standard InChI is InChI=1S/C21H24ClNO/c22-20-8-6-19(7-9-20)21(24)12-15-23-13-10-18(11-14-23)16-17-4-2-1-3-5-17/h1-9,18H,10-16H2. The molecule has 0 atom stereocenters. The SMILES string of the molecule is O=C(CCN1CCC(Cc2ccccc2)CC1)c1ccc(Cl)cc1. The molecule has 0 aliphatic carbocycles. The van der Waals surface area contributed by atoms with E-state index in [1.807, 2.05) is 12.1 Å². The Bertz CT molecular complexity index is 645. The fraction of sp³-hybridized carbons (Fsp3) is 0.381. The molecular formula is C21H24ClNO. The van der Waals surface area contributed by atoms with Gasteiger partial charge in [-0.25, -0.2) is 0 Å². The fourth-order valence-corrected chi connectivity index (χ4v) is 3.53. The van der Waals surface area contributed by atoms with Crippen molar-refractivity contribution in [2.24, 2.45) is 5.92 Å². The van der Waals surface area contributed by atoms with E-state index in [1.54, 1.807) is 12.1 Å². The van der Waals surface area contributed by atoms with Gasteiger partial charge in [-0.3, -0.25) is 4.79 Å². The van der Waals surface area contributed by atoms with E-state index in [4.69, 9.17) is 11.6 Å². The lowest BCUT2D eigenvalue weighted by Crippen LogP contribution is -2.35. The molecule has 24 heavy (non-hydrogen) atoms. The summed E-state index contributed by atoms with van der Waals surface area (Å²) in [6.45, 7) is 3.07. The first-order chi connectivity index (χ1) is 11.7. The number of Topliss-reactive ketones (excluding diaryl/α,β-unsaturated/α-hetero) is 1. The monoisotopic (exact) mass is 341 g/mol. The summed E-state index contributed by atoms with van der Waals surface area (Å²) in [5.41, 5.74) is 2.20. The average molecular weight is 342 g/mol. The molecule has 2 aromatic rings. The van der Waals surface area contributed by atoms with Crippen molar-refractivity contribution in [2.75, 3.05) is 19.6 Å². The predicted molar refractivity (Wildman–Crippen MR) is 99.7 cm³/mol. The van der Waals surface area contributed by atoms with Gasteiger partial charge in [0.05, 0.1) is 0 Å². The molecule has 0 N–H and O–H groups in total. The van der Waals surface area contributed by atoms with Crippen molar-refractivity contribution in [1.82, 2.24) is 4.90 Å². The Morgan fingerprint density at radius 2 is 1.67 bits per heavy atom. The van der Waals surface area contributed by atoms with E-state index in [2.05, 4.69) is 35.2 Å². The highest BCUT2D eigenvalue weighted by atomic mass is 35.5. The van der Waals surface area contributed by atoms with Crippen LogP contribution in [0.4, 0.5) is 0 Å². The molecule has 0 bridgehead atoms. The first-order valence-electron chi connectivity index (χ1n) is 8.76. The second-order valence-electron chi connectivity index (χ2n) is 6.65. The van der Waals surface area contributed by atoms with Gasteiger partial charge in [-0.05, 0) is 68.1 Å². The maximum atomic E-state index is 12.2. The molecule has 2 aromatic carbocycles. The second kappa shape index (κ2) is 8.46. The van der Waals surface area contributed by atoms with Crippen LogP contribution in [-0.2, 0) is 6.42 Å². The van der Waals surface area contributed by atoms with Crippen molar-refractivity contribution in [3.8, 4) is 0 Å². The largest absolute Gasteiger partial charge is 0.303 e. The zero-order valence-electron chi connectivity index (χ0n) is 14.0. The molecule has 3 heteroatoms. The third-order valence-corrected chi connectivity index (χ3v) is 5.15. The molecule has 3 rings (SSSR count). The van der Waals surface area contributed by atoms with Gasteiger partial charge >= 0.3 is 0 Å². The summed E-state index contributed by atoms with van der Waals surface area (Å²) >= 11 is 5.87. The smallest absolute Gasteiger partial charge is 0.164 e. The maximum Gasteiger partial charge on any atom is 0.164 e. The van der Waals surface area contributed by atoms with Gasteiger partial charge in [0.15, 0.2) is 5.78 Å². The molecule has 0 amide bonds. The van der Waals surface area contributed by atoms with Crippen molar-refractivity contribution in [1.29, 1.82) is 0 Å². The Kier molecular flexibility index (Phi) is 6.06. The summed E-state index contributed by atoms with van der Waals surface area (Å²) in [5.74, 6) is 0.980.